The molecule has 30 heavy (non-hydrogen) atoms. The summed E-state index contributed by atoms with van der Waals surface area (Å²) in [5.74, 6) is -0.231. The maximum atomic E-state index is 12.8. The van der Waals surface area contributed by atoms with E-state index < -0.39 is 0 Å². The third-order valence-electron chi connectivity index (χ3n) is 5.04. The van der Waals surface area contributed by atoms with Gasteiger partial charge in [0, 0.05) is 24.5 Å². The third kappa shape index (κ3) is 3.67. The van der Waals surface area contributed by atoms with Crippen LogP contribution in [0.1, 0.15) is 16.2 Å². The van der Waals surface area contributed by atoms with Gasteiger partial charge in [-0.15, -0.1) is 0 Å². The molecule has 0 unspecified atom stereocenters. The number of hydrogen-bond acceptors (Lipinski definition) is 6. The Bertz CT molecular complexity index is 1190. The zero-order valence-electron chi connectivity index (χ0n) is 16.5. The summed E-state index contributed by atoms with van der Waals surface area (Å²) in [6.07, 6.45) is 0. The lowest BCUT2D eigenvalue weighted by atomic mass is 10.3. The number of para-hydroxylation sites is 1. The van der Waals surface area contributed by atoms with Crippen LogP contribution in [0.2, 0.25) is 0 Å². The Hall–Kier alpha value is -3.23. The molecule has 5 rings (SSSR count). The van der Waals surface area contributed by atoms with Gasteiger partial charge in [-0.25, -0.2) is 9.67 Å². The van der Waals surface area contributed by atoms with Crippen LogP contribution in [0.25, 0.3) is 15.9 Å². The number of benzene rings is 2. The lowest BCUT2D eigenvalue weighted by molar-refractivity contribution is 0.102. The molecule has 1 aliphatic heterocycles. The number of ether oxygens (including phenoxy) is 1. The number of amides is 1. The summed E-state index contributed by atoms with van der Waals surface area (Å²) in [6, 6.07) is 17.4. The quantitative estimate of drug-likeness (QED) is 0.544. The molecule has 0 atom stereocenters. The highest BCUT2D eigenvalue weighted by molar-refractivity contribution is 7.22. The van der Waals surface area contributed by atoms with Crippen molar-refractivity contribution in [2.24, 2.45) is 0 Å². The highest BCUT2D eigenvalue weighted by atomic mass is 32.1. The Morgan fingerprint density at radius 3 is 2.70 bits per heavy atom. The average molecular weight is 420 g/mol. The number of nitrogens with one attached hydrogen (secondary N) is 1. The number of carbonyl (C=O) groups is 1. The molecule has 1 fully saturated rings. The summed E-state index contributed by atoms with van der Waals surface area (Å²) in [7, 11) is 0. The van der Waals surface area contributed by atoms with E-state index in [2.05, 4.69) is 15.3 Å². The second-order valence-electron chi connectivity index (χ2n) is 7.15. The molecule has 8 heteroatoms. The van der Waals surface area contributed by atoms with E-state index in [4.69, 9.17) is 9.72 Å². The number of carbonyl (C=O) groups excluding carboxylic acids is 1. The van der Waals surface area contributed by atoms with Crippen molar-refractivity contribution in [3.05, 3.63) is 66.0 Å². The normalized spacial score (nSPS) is 14.2. The Morgan fingerprint density at radius 2 is 1.90 bits per heavy atom. The molecular formula is C22H21N5O2S. The monoisotopic (exact) mass is 419 g/mol. The molecule has 0 bridgehead atoms. The van der Waals surface area contributed by atoms with Crippen LogP contribution in [0.4, 0.5) is 10.8 Å². The van der Waals surface area contributed by atoms with E-state index in [1.165, 1.54) is 0 Å². The zero-order valence-corrected chi connectivity index (χ0v) is 17.4. The van der Waals surface area contributed by atoms with Gasteiger partial charge in [0.15, 0.2) is 10.8 Å². The lowest BCUT2D eigenvalue weighted by Gasteiger charge is -2.25. The van der Waals surface area contributed by atoms with Crippen molar-refractivity contribution in [1.29, 1.82) is 0 Å². The molecular weight excluding hydrogens is 398 g/mol. The first kappa shape index (κ1) is 18.8. The Morgan fingerprint density at radius 1 is 1.10 bits per heavy atom. The smallest absolute Gasteiger partial charge is 0.276 e. The number of nitrogens with zero attached hydrogens (tertiary/aromatic N) is 4. The molecule has 3 heterocycles. The minimum Gasteiger partial charge on any atom is -0.378 e. The van der Waals surface area contributed by atoms with Gasteiger partial charge < -0.3 is 15.0 Å². The van der Waals surface area contributed by atoms with Crippen LogP contribution in [0.3, 0.4) is 0 Å². The van der Waals surface area contributed by atoms with E-state index in [0.717, 1.165) is 58.7 Å². The van der Waals surface area contributed by atoms with Crippen molar-refractivity contribution in [3.8, 4) is 5.69 Å². The topological polar surface area (TPSA) is 72.3 Å². The van der Waals surface area contributed by atoms with Crippen molar-refractivity contribution < 1.29 is 9.53 Å². The van der Waals surface area contributed by atoms with E-state index in [1.54, 1.807) is 22.1 Å². The van der Waals surface area contributed by atoms with E-state index in [0.29, 0.717) is 5.69 Å². The fourth-order valence-electron chi connectivity index (χ4n) is 3.49. The predicted octanol–water partition coefficient (Wildman–Crippen LogP) is 3.88. The second-order valence-corrected chi connectivity index (χ2v) is 8.16. The van der Waals surface area contributed by atoms with E-state index in [1.807, 2.05) is 55.5 Å². The Kier molecular flexibility index (Phi) is 4.94. The van der Waals surface area contributed by atoms with Gasteiger partial charge >= 0.3 is 0 Å². The van der Waals surface area contributed by atoms with Crippen molar-refractivity contribution in [1.82, 2.24) is 14.8 Å². The first-order chi connectivity index (χ1) is 14.7. The molecule has 1 amide bonds. The van der Waals surface area contributed by atoms with Gasteiger partial charge in [0.05, 0.1) is 29.1 Å². The molecule has 4 aromatic rings. The predicted molar refractivity (Wildman–Crippen MR) is 119 cm³/mol. The maximum absolute atomic E-state index is 12.8. The summed E-state index contributed by atoms with van der Waals surface area (Å²) in [6.45, 7) is 5.10. The van der Waals surface area contributed by atoms with Crippen LogP contribution in [0.5, 0.6) is 0 Å². The van der Waals surface area contributed by atoms with Crippen LogP contribution in [0, 0.1) is 6.92 Å². The molecule has 152 valence electrons. The van der Waals surface area contributed by atoms with Gasteiger partial charge in [0.1, 0.15) is 0 Å². The minimum absolute atomic E-state index is 0.231. The molecule has 0 spiro atoms. The van der Waals surface area contributed by atoms with Crippen LogP contribution in [0.15, 0.2) is 54.6 Å². The molecule has 0 saturated carbocycles. The van der Waals surface area contributed by atoms with Crippen LogP contribution in [-0.4, -0.2) is 47.0 Å². The molecule has 0 radical (unpaired) electrons. The largest absolute Gasteiger partial charge is 0.378 e. The van der Waals surface area contributed by atoms with Gasteiger partial charge in [0.2, 0.25) is 0 Å². The molecule has 1 saturated heterocycles. The van der Waals surface area contributed by atoms with Gasteiger partial charge in [-0.2, -0.15) is 5.10 Å². The van der Waals surface area contributed by atoms with Crippen LogP contribution < -0.4 is 10.2 Å². The van der Waals surface area contributed by atoms with Crippen molar-refractivity contribution >= 4 is 38.3 Å². The number of aromatic nitrogens is 3. The number of rotatable bonds is 4. The second kappa shape index (κ2) is 7.89. The molecule has 1 aliphatic rings. The summed E-state index contributed by atoms with van der Waals surface area (Å²) in [4.78, 5) is 19.7. The van der Waals surface area contributed by atoms with Gasteiger partial charge in [-0.3, -0.25) is 4.79 Å². The summed E-state index contributed by atoms with van der Waals surface area (Å²) in [5, 5.41) is 8.44. The van der Waals surface area contributed by atoms with Gasteiger partial charge in [-0.05, 0) is 43.3 Å². The average Bonchev–Trinajstić information content (AvgIpc) is 3.38. The summed E-state index contributed by atoms with van der Waals surface area (Å²) >= 11 is 1.63. The zero-order chi connectivity index (χ0) is 20.5. The maximum Gasteiger partial charge on any atom is 0.276 e. The summed E-state index contributed by atoms with van der Waals surface area (Å²) < 4.78 is 8.23. The van der Waals surface area contributed by atoms with E-state index in [-0.39, 0.29) is 5.91 Å². The van der Waals surface area contributed by atoms with E-state index in [9.17, 15) is 4.79 Å². The standard InChI is InChI=1S/C22H21N5O2S/c1-15-13-19(25-27(15)17-5-3-2-4-6-17)21(28)23-16-7-8-18-20(14-16)30-22(24-18)26-9-11-29-12-10-26/h2-8,13-14H,9-12H2,1H3,(H,23,28). The lowest BCUT2D eigenvalue weighted by Crippen LogP contribution is -2.36. The van der Waals surface area contributed by atoms with Gasteiger partial charge in [-0.1, -0.05) is 29.5 Å². The fraction of sp³-hybridized carbons (Fsp3) is 0.227. The van der Waals surface area contributed by atoms with Crippen molar-refractivity contribution in [2.75, 3.05) is 36.5 Å². The van der Waals surface area contributed by atoms with Crippen LogP contribution in [-0.2, 0) is 4.74 Å². The van der Waals surface area contributed by atoms with Crippen molar-refractivity contribution in [2.45, 2.75) is 6.92 Å². The summed E-state index contributed by atoms with van der Waals surface area (Å²) in [5.41, 5.74) is 3.88. The van der Waals surface area contributed by atoms with Gasteiger partial charge in [0.25, 0.3) is 5.91 Å². The molecule has 1 N–H and O–H groups in total. The Labute approximate surface area is 177 Å². The Balaban J connectivity index is 1.36. The number of morpholine rings is 1. The number of aryl methyl sites for hydroxylation is 1. The number of anilines is 2. The minimum atomic E-state index is -0.231. The molecule has 7 nitrogen and oxygen atoms in total. The van der Waals surface area contributed by atoms with Crippen LogP contribution >= 0.6 is 11.3 Å². The molecule has 0 aliphatic carbocycles. The molecule has 2 aromatic carbocycles. The number of fused-ring (bicyclic) bond motifs is 1. The highest BCUT2D eigenvalue weighted by Crippen LogP contribution is 2.31. The van der Waals surface area contributed by atoms with Crippen molar-refractivity contribution in [3.63, 3.8) is 0 Å². The molecule has 2 aromatic heterocycles. The third-order valence-corrected chi connectivity index (χ3v) is 6.12. The first-order valence-electron chi connectivity index (χ1n) is 9.84. The van der Waals surface area contributed by atoms with E-state index >= 15 is 0 Å². The number of thiazole rings is 1. The SMILES string of the molecule is Cc1cc(C(=O)Nc2ccc3nc(N4CCOCC4)sc3c2)nn1-c1ccccc1. The first-order valence-corrected chi connectivity index (χ1v) is 10.7. The number of hydrogen-bond donors (Lipinski definition) is 1. The fourth-order valence-corrected chi connectivity index (χ4v) is 4.55. The highest BCUT2D eigenvalue weighted by Gasteiger charge is 2.17.